The zero-order valence-corrected chi connectivity index (χ0v) is 15.1. The molecule has 29 heavy (non-hydrogen) atoms. The Hall–Kier alpha value is -2.82. The summed E-state index contributed by atoms with van der Waals surface area (Å²) >= 11 is 0. The van der Waals surface area contributed by atoms with Gasteiger partial charge in [-0.15, -0.1) is 0 Å². The summed E-state index contributed by atoms with van der Waals surface area (Å²) in [6.45, 7) is -0.348. The average molecular weight is 402 g/mol. The first kappa shape index (κ1) is 18.2. The molecule has 10 nitrogen and oxygen atoms in total. The maximum Gasteiger partial charge on any atom is 0.258 e. The molecule has 0 aromatic carbocycles. The number of furan rings is 1. The van der Waals surface area contributed by atoms with Crippen molar-refractivity contribution in [3.05, 3.63) is 35.3 Å². The van der Waals surface area contributed by atoms with Gasteiger partial charge in [0.1, 0.15) is 18.1 Å². The minimum absolute atomic E-state index is 0.107. The highest BCUT2D eigenvalue weighted by atomic mass is 16.5. The highest BCUT2D eigenvalue weighted by Gasteiger charge is 2.62. The molecule has 0 radical (unpaired) electrons. The Morgan fingerprint density at radius 3 is 2.21 bits per heavy atom. The van der Waals surface area contributed by atoms with E-state index in [0.717, 1.165) is 0 Å². The Kier molecular flexibility index (Phi) is 3.83. The molecule has 2 saturated heterocycles. The van der Waals surface area contributed by atoms with Gasteiger partial charge in [0.2, 0.25) is 0 Å². The fourth-order valence-corrected chi connectivity index (χ4v) is 5.52. The fraction of sp³-hybridized carbons (Fsp3) is 0.474. The van der Waals surface area contributed by atoms with Gasteiger partial charge in [0.05, 0.1) is 29.6 Å². The van der Waals surface area contributed by atoms with E-state index >= 15 is 0 Å². The molecule has 6 atom stereocenters. The molecule has 2 aliphatic carbocycles. The van der Waals surface area contributed by atoms with Crippen LogP contribution in [0.5, 0.6) is 0 Å². The molecule has 2 aliphatic heterocycles. The first-order chi connectivity index (χ1) is 13.8. The van der Waals surface area contributed by atoms with E-state index in [2.05, 4.69) is 0 Å². The van der Waals surface area contributed by atoms with Crippen molar-refractivity contribution in [1.82, 2.24) is 10.1 Å². The number of aliphatic hydroxyl groups is 1. The van der Waals surface area contributed by atoms with E-state index in [1.54, 1.807) is 18.2 Å². The lowest BCUT2D eigenvalue weighted by Crippen LogP contribution is -2.42. The summed E-state index contributed by atoms with van der Waals surface area (Å²) in [5.41, 5.74) is 0.680. The molecule has 10 heteroatoms. The van der Waals surface area contributed by atoms with Crippen LogP contribution in [0.4, 0.5) is 0 Å². The highest BCUT2D eigenvalue weighted by Crippen LogP contribution is 2.57. The Labute approximate surface area is 163 Å². The lowest BCUT2D eigenvalue weighted by molar-refractivity contribution is -0.174. The number of fused-ring (bicyclic) bond motifs is 4. The van der Waals surface area contributed by atoms with Crippen LogP contribution >= 0.6 is 0 Å². The van der Waals surface area contributed by atoms with Gasteiger partial charge in [-0.3, -0.25) is 29.6 Å². The van der Waals surface area contributed by atoms with Crippen LogP contribution in [0, 0.1) is 29.6 Å². The second kappa shape index (κ2) is 6.09. The van der Waals surface area contributed by atoms with Crippen LogP contribution in [0.1, 0.15) is 30.3 Å². The lowest BCUT2D eigenvalue weighted by atomic mass is 9.58. The first-order valence-electron chi connectivity index (χ1n) is 9.38. The first-order valence-corrected chi connectivity index (χ1v) is 9.38. The number of hydrogen-bond acceptors (Lipinski definition) is 8. The summed E-state index contributed by atoms with van der Waals surface area (Å²) in [7, 11) is 0. The number of amides is 4. The fourth-order valence-electron chi connectivity index (χ4n) is 5.52. The van der Waals surface area contributed by atoms with Gasteiger partial charge < -0.3 is 9.52 Å². The molecule has 4 amide bonds. The van der Waals surface area contributed by atoms with E-state index in [1.807, 2.05) is 0 Å². The number of nitrogens with zero attached hydrogens (tertiary/aromatic N) is 2. The lowest BCUT2D eigenvalue weighted by Gasteiger charge is -2.42. The van der Waals surface area contributed by atoms with E-state index < -0.39 is 59.1 Å². The van der Waals surface area contributed by atoms with Gasteiger partial charge in [0.25, 0.3) is 23.6 Å². The van der Waals surface area contributed by atoms with Crippen molar-refractivity contribution in [3.8, 4) is 0 Å². The number of allylic oxidation sites excluding steroid dienone is 2. The van der Waals surface area contributed by atoms with Gasteiger partial charge >= 0.3 is 0 Å². The number of hydroxylamine groups is 4. The molecular weight excluding hydrogens is 384 g/mol. The van der Waals surface area contributed by atoms with E-state index in [1.165, 1.54) is 0 Å². The van der Waals surface area contributed by atoms with Gasteiger partial charge in [-0.25, -0.2) is 0 Å². The number of hydrogen-bond donors (Lipinski definition) is 3. The predicted octanol–water partition coefficient (Wildman–Crippen LogP) is 0.186. The highest BCUT2D eigenvalue weighted by molar-refractivity contribution is 6.06. The number of aliphatic hydroxyl groups excluding tert-OH is 1. The van der Waals surface area contributed by atoms with Crippen LogP contribution in [0.25, 0.3) is 0 Å². The summed E-state index contributed by atoms with van der Waals surface area (Å²) in [6.07, 6.45) is 2.09. The summed E-state index contributed by atoms with van der Waals surface area (Å²) in [4.78, 5) is 50.0. The zero-order valence-electron chi connectivity index (χ0n) is 15.1. The second-order valence-electron chi connectivity index (χ2n) is 7.96. The molecule has 1 aromatic heterocycles. The van der Waals surface area contributed by atoms with Gasteiger partial charge in [-0.1, -0.05) is 11.6 Å². The van der Waals surface area contributed by atoms with Crippen LogP contribution in [0.2, 0.25) is 0 Å². The van der Waals surface area contributed by atoms with Crippen molar-refractivity contribution in [2.24, 2.45) is 29.6 Å². The van der Waals surface area contributed by atoms with E-state index in [4.69, 9.17) is 4.42 Å². The maximum absolute atomic E-state index is 12.6. The topological polar surface area (TPSA) is 149 Å². The van der Waals surface area contributed by atoms with Crippen LogP contribution in [0.3, 0.4) is 0 Å². The molecule has 3 fully saturated rings. The third-order valence-electron chi connectivity index (χ3n) is 6.75. The zero-order chi connectivity index (χ0) is 20.6. The Morgan fingerprint density at radius 1 is 0.897 bits per heavy atom. The molecule has 0 bridgehead atoms. The quantitative estimate of drug-likeness (QED) is 0.361. The van der Waals surface area contributed by atoms with Crippen molar-refractivity contribution in [1.29, 1.82) is 0 Å². The summed E-state index contributed by atoms with van der Waals surface area (Å²) in [5, 5.41) is 29.4. The molecule has 1 aromatic rings. The van der Waals surface area contributed by atoms with Crippen LogP contribution in [-0.4, -0.2) is 49.3 Å². The largest absolute Gasteiger partial charge is 0.463 e. The van der Waals surface area contributed by atoms with Crippen molar-refractivity contribution in [3.63, 3.8) is 0 Å². The molecule has 1 saturated carbocycles. The normalized spacial score (nSPS) is 36.3. The molecule has 0 spiro atoms. The SMILES string of the molecule is O=C1[C@H]2[C@H](CC=C3[C@H]2C[C@H]2C(=O)N(O)C(=O)[C@H]2[C@H]3c2ccc(CO)o2)C(=O)N1O. The van der Waals surface area contributed by atoms with E-state index in [9.17, 15) is 34.7 Å². The van der Waals surface area contributed by atoms with E-state index in [-0.39, 0.29) is 35.3 Å². The summed E-state index contributed by atoms with van der Waals surface area (Å²) in [5.74, 6) is -6.88. The molecule has 152 valence electrons. The molecule has 5 rings (SSSR count). The van der Waals surface area contributed by atoms with Crippen molar-refractivity contribution < 1.29 is 39.1 Å². The van der Waals surface area contributed by atoms with Gasteiger partial charge in [0.15, 0.2) is 0 Å². The molecule has 0 unspecified atom stereocenters. The van der Waals surface area contributed by atoms with Gasteiger partial charge in [-0.05, 0) is 30.9 Å². The van der Waals surface area contributed by atoms with Crippen LogP contribution in [0.15, 0.2) is 28.2 Å². The Morgan fingerprint density at radius 2 is 1.55 bits per heavy atom. The number of rotatable bonds is 2. The van der Waals surface area contributed by atoms with Crippen molar-refractivity contribution in [2.75, 3.05) is 0 Å². The molecule has 4 aliphatic rings. The average Bonchev–Trinajstić information content (AvgIpc) is 3.35. The standard InChI is InChI=1S/C19H18N2O8/c22-6-7-1-4-12(29-7)14-8-2-3-9-13(18(25)20(27)16(9)23)10(8)5-11-15(14)19(26)21(28)17(11)24/h1-2,4,9-11,13-15,22,27-28H,3,5-6H2/t9-,10+,11+,13-,14+,15+/m0/s1. The van der Waals surface area contributed by atoms with Crippen LogP contribution in [-0.2, 0) is 25.8 Å². The number of imide groups is 2. The third kappa shape index (κ3) is 2.27. The predicted molar refractivity (Wildman–Crippen MR) is 89.4 cm³/mol. The van der Waals surface area contributed by atoms with Crippen LogP contribution < -0.4 is 0 Å². The smallest absolute Gasteiger partial charge is 0.258 e. The van der Waals surface area contributed by atoms with Gasteiger partial charge in [-0.2, -0.15) is 10.1 Å². The molecule has 3 heterocycles. The van der Waals surface area contributed by atoms with Gasteiger partial charge in [0, 0.05) is 0 Å². The minimum atomic E-state index is -0.901. The van der Waals surface area contributed by atoms with Crippen molar-refractivity contribution >= 4 is 23.6 Å². The third-order valence-corrected chi connectivity index (χ3v) is 6.75. The summed E-state index contributed by atoms with van der Waals surface area (Å²) in [6, 6.07) is 3.15. The molecular formula is C19H18N2O8. The monoisotopic (exact) mass is 402 g/mol. The second-order valence-corrected chi connectivity index (χ2v) is 7.96. The Balaban J connectivity index is 1.64. The number of carbonyl (C=O) groups excluding carboxylic acids is 4. The van der Waals surface area contributed by atoms with Crippen molar-refractivity contribution in [2.45, 2.75) is 25.4 Å². The summed E-state index contributed by atoms with van der Waals surface area (Å²) < 4.78 is 5.66. The minimum Gasteiger partial charge on any atom is -0.463 e. The molecule has 3 N–H and O–H groups in total. The Bertz CT molecular complexity index is 981. The number of carbonyl (C=O) groups is 4. The maximum atomic E-state index is 12.6. The van der Waals surface area contributed by atoms with E-state index in [0.29, 0.717) is 11.3 Å².